The molecule has 0 aliphatic rings. The molecule has 288 valence electrons. The fourth-order valence-corrected chi connectivity index (χ4v) is 9.73. The van der Waals surface area contributed by atoms with Crippen molar-refractivity contribution < 1.29 is 0 Å². The molecule has 10 aromatic carbocycles. The molecule has 3 aromatic heterocycles. The van der Waals surface area contributed by atoms with Gasteiger partial charge in [-0.15, -0.1) is 0 Å². The minimum absolute atomic E-state index is 1.29. The smallest absolute Gasteiger partial charge is 0.0495 e. The van der Waals surface area contributed by atoms with Gasteiger partial charge >= 0.3 is 0 Å². The van der Waals surface area contributed by atoms with E-state index in [9.17, 15) is 0 Å². The van der Waals surface area contributed by atoms with Crippen molar-refractivity contribution in [1.29, 1.82) is 0 Å². The van der Waals surface area contributed by atoms with E-state index < -0.39 is 0 Å². The first-order valence-electron chi connectivity index (χ1n) is 20.8. The summed E-state index contributed by atoms with van der Waals surface area (Å²) in [7, 11) is 6.44. The molecule has 3 nitrogen and oxygen atoms in total. The maximum Gasteiger partial charge on any atom is 0.0495 e. The number of hydrogen-bond acceptors (Lipinski definition) is 0. The van der Waals surface area contributed by atoms with Crippen molar-refractivity contribution in [2.45, 2.75) is 13.8 Å². The molecule has 13 aromatic rings. The first kappa shape index (κ1) is 35.8. The molecule has 0 radical (unpaired) electrons. The Labute approximate surface area is 348 Å². The van der Waals surface area contributed by atoms with E-state index >= 15 is 0 Å². The Morgan fingerprint density at radius 1 is 0.250 bits per heavy atom. The minimum Gasteiger partial charge on any atom is -0.344 e. The van der Waals surface area contributed by atoms with Gasteiger partial charge in [0, 0.05) is 86.6 Å². The molecular formula is C57H45N3. The SMILES string of the molecule is Cc1ccc2c(ccc3c2c2ccccc2n3C)c1.Cc1ccc2cc3c(cc2c1)c1ccccc1n3C.Cn1c2ccccc2c2cc3cc4ccccc4cc3cc21. The molecule has 0 fully saturated rings. The largest absolute Gasteiger partial charge is 0.344 e. The topological polar surface area (TPSA) is 14.8 Å². The summed E-state index contributed by atoms with van der Waals surface area (Å²) in [6.07, 6.45) is 0. The number of hydrogen-bond donors (Lipinski definition) is 0. The Kier molecular flexibility index (Phi) is 8.28. The first-order valence-corrected chi connectivity index (χ1v) is 20.8. The number of aromatic nitrogens is 3. The average Bonchev–Trinajstić information content (AvgIpc) is 3.84. The van der Waals surface area contributed by atoms with Gasteiger partial charge in [-0.05, 0) is 118 Å². The Hall–Kier alpha value is -7.36. The van der Waals surface area contributed by atoms with Crippen LogP contribution in [0.25, 0.3) is 109 Å². The van der Waals surface area contributed by atoms with Crippen LogP contribution in [0.15, 0.2) is 182 Å². The van der Waals surface area contributed by atoms with Gasteiger partial charge in [0.1, 0.15) is 0 Å². The summed E-state index contributed by atoms with van der Waals surface area (Å²) in [4.78, 5) is 0. The maximum atomic E-state index is 2.33. The zero-order valence-electron chi connectivity index (χ0n) is 34.7. The molecule has 0 saturated carbocycles. The molecule has 3 heteroatoms. The van der Waals surface area contributed by atoms with Crippen molar-refractivity contribution in [3.05, 3.63) is 193 Å². The van der Waals surface area contributed by atoms with Crippen LogP contribution >= 0.6 is 0 Å². The fourth-order valence-electron chi connectivity index (χ4n) is 9.73. The van der Waals surface area contributed by atoms with Gasteiger partial charge in [-0.1, -0.05) is 132 Å². The molecular weight excluding hydrogens is 727 g/mol. The molecule has 0 aliphatic carbocycles. The molecule has 0 amide bonds. The summed E-state index contributed by atoms with van der Waals surface area (Å²) < 4.78 is 6.85. The van der Waals surface area contributed by atoms with Crippen LogP contribution in [-0.4, -0.2) is 13.7 Å². The van der Waals surface area contributed by atoms with Gasteiger partial charge in [-0.25, -0.2) is 0 Å². The van der Waals surface area contributed by atoms with Crippen molar-refractivity contribution in [3.8, 4) is 0 Å². The van der Waals surface area contributed by atoms with Crippen LogP contribution in [-0.2, 0) is 21.1 Å². The molecule has 13 rings (SSSR count). The summed E-state index contributed by atoms with van der Waals surface area (Å²) in [5, 5.41) is 18.6. The number of fused-ring (bicyclic) bond motifs is 14. The second kappa shape index (κ2) is 13.9. The quantitative estimate of drug-likeness (QED) is 0.136. The van der Waals surface area contributed by atoms with Crippen molar-refractivity contribution in [3.63, 3.8) is 0 Å². The van der Waals surface area contributed by atoms with E-state index in [2.05, 4.69) is 231 Å². The third kappa shape index (κ3) is 5.72. The van der Waals surface area contributed by atoms with Gasteiger partial charge < -0.3 is 13.7 Å². The van der Waals surface area contributed by atoms with E-state index in [1.807, 2.05) is 0 Å². The summed E-state index contributed by atoms with van der Waals surface area (Å²) in [5.74, 6) is 0. The highest BCUT2D eigenvalue weighted by Crippen LogP contribution is 2.36. The lowest BCUT2D eigenvalue weighted by Crippen LogP contribution is -1.86. The predicted molar refractivity (Wildman–Crippen MR) is 261 cm³/mol. The van der Waals surface area contributed by atoms with Gasteiger partial charge in [0.05, 0.1) is 0 Å². The highest BCUT2D eigenvalue weighted by molar-refractivity contribution is 6.21. The van der Waals surface area contributed by atoms with Gasteiger partial charge in [-0.3, -0.25) is 0 Å². The Morgan fingerprint density at radius 2 is 0.667 bits per heavy atom. The van der Waals surface area contributed by atoms with Crippen LogP contribution < -0.4 is 0 Å². The predicted octanol–water partition coefficient (Wildman–Crippen LogP) is 15.2. The monoisotopic (exact) mass is 771 g/mol. The molecule has 0 aliphatic heterocycles. The lowest BCUT2D eigenvalue weighted by molar-refractivity contribution is 1.01. The van der Waals surface area contributed by atoms with Crippen molar-refractivity contribution in [1.82, 2.24) is 13.7 Å². The van der Waals surface area contributed by atoms with Crippen LogP contribution in [0.2, 0.25) is 0 Å². The second-order valence-electron chi connectivity index (χ2n) is 16.5. The van der Waals surface area contributed by atoms with E-state index in [0.29, 0.717) is 0 Å². The number of nitrogens with zero attached hydrogens (tertiary/aromatic N) is 3. The number of para-hydroxylation sites is 3. The zero-order valence-corrected chi connectivity index (χ0v) is 34.7. The van der Waals surface area contributed by atoms with Crippen molar-refractivity contribution in [2.75, 3.05) is 0 Å². The van der Waals surface area contributed by atoms with Gasteiger partial charge in [-0.2, -0.15) is 0 Å². The standard InChI is InChI=1S/C21H15N.2C18H15N/c1-22-20-9-5-4-8-18(20)19-12-16-10-14-6-2-3-7-15(14)11-17(16)13-21(19)22;1-12-7-9-14-13(11-12)8-10-17-18(14)15-5-3-4-6-16(15)19(17)2;1-12-7-8-13-11-18-16(10-14(13)9-12)15-5-3-4-6-17(15)19(18)2/h2-13H,1H3;2*3-11H,1-2H3. The molecule has 3 heterocycles. The normalized spacial score (nSPS) is 11.8. The molecule has 0 bridgehead atoms. The van der Waals surface area contributed by atoms with Gasteiger partial charge in [0.15, 0.2) is 0 Å². The number of rotatable bonds is 0. The van der Waals surface area contributed by atoms with E-state index in [4.69, 9.17) is 0 Å². The highest BCUT2D eigenvalue weighted by Gasteiger charge is 2.12. The summed E-state index contributed by atoms with van der Waals surface area (Å²) >= 11 is 0. The summed E-state index contributed by atoms with van der Waals surface area (Å²) in [6.45, 7) is 4.29. The summed E-state index contributed by atoms with van der Waals surface area (Å²) in [5.41, 5.74) is 10.4. The lowest BCUT2D eigenvalue weighted by Gasteiger charge is -2.04. The molecule has 0 saturated heterocycles. The maximum absolute atomic E-state index is 2.33. The molecule has 60 heavy (non-hydrogen) atoms. The zero-order chi connectivity index (χ0) is 40.6. The average molecular weight is 772 g/mol. The Morgan fingerprint density at radius 3 is 1.28 bits per heavy atom. The highest BCUT2D eigenvalue weighted by atomic mass is 14.9. The van der Waals surface area contributed by atoms with Crippen LogP contribution in [0, 0.1) is 13.8 Å². The van der Waals surface area contributed by atoms with Crippen molar-refractivity contribution in [2.24, 2.45) is 21.1 Å². The third-order valence-corrected chi connectivity index (χ3v) is 12.8. The van der Waals surface area contributed by atoms with Gasteiger partial charge in [0.2, 0.25) is 0 Å². The number of aryl methyl sites for hydroxylation is 5. The van der Waals surface area contributed by atoms with Crippen molar-refractivity contribution >= 4 is 109 Å². The van der Waals surface area contributed by atoms with E-state index in [1.54, 1.807) is 0 Å². The van der Waals surface area contributed by atoms with E-state index in [-0.39, 0.29) is 0 Å². The lowest BCUT2D eigenvalue weighted by atomic mass is 10.0. The second-order valence-corrected chi connectivity index (χ2v) is 16.5. The Balaban J connectivity index is 0.000000103. The molecule has 0 spiro atoms. The van der Waals surface area contributed by atoms with Gasteiger partial charge in [0.25, 0.3) is 0 Å². The van der Waals surface area contributed by atoms with Crippen LogP contribution in [0.4, 0.5) is 0 Å². The Bertz CT molecular complexity index is 3820. The minimum atomic E-state index is 1.29. The molecule has 0 N–H and O–H groups in total. The molecule has 0 atom stereocenters. The molecule has 0 unspecified atom stereocenters. The van der Waals surface area contributed by atoms with Crippen LogP contribution in [0.1, 0.15) is 11.1 Å². The van der Waals surface area contributed by atoms with Crippen LogP contribution in [0.5, 0.6) is 0 Å². The van der Waals surface area contributed by atoms with E-state index in [0.717, 1.165) is 0 Å². The van der Waals surface area contributed by atoms with Crippen LogP contribution in [0.3, 0.4) is 0 Å². The number of benzene rings is 10. The third-order valence-electron chi connectivity index (χ3n) is 12.8. The summed E-state index contributed by atoms with van der Waals surface area (Å²) in [6, 6.07) is 66.1. The first-order chi connectivity index (χ1) is 29.3. The van der Waals surface area contributed by atoms with E-state index in [1.165, 1.54) is 120 Å². The fraction of sp³-hybridized carbons (Fsp3) is 0.0877.